The Morgan fingerprint density at radius 1 is 1.14 bits per heavy atom. The van der Waals surface area contributed by atoms with Crippen molar-refractivity contribution < 1.29 is 4.80 Å². The van der Waals surface area contributed by atoms with E-state index < -0.39 is 0 Å². The second-order valence-corrected chi connectivity index (χ2v) is 6.91. The van der Waals surface area contributed by atoms with E-state index in [4.69, 9.17) is 5.10 Å². The van der Waals surface area contributed by atoms with Gasteiger partial charge in [-0.2, -0.15) is 0 Å². The van der Waals surface area contributed by atoms with Crippen molar-refractivity contribution in [3.8, 4) is 11.4 Å². The molecule has 1 unspecified atom stereocenters. The molecule has 2 rings (SSSR count). The lowest BCUT2D eigenvalue weighted by Gasteiger charge is -2.26. The van der Waals surface area contributed by atoms with Crippen molar-refractivity contribution in [1.29, 1.82) is 0 Å². The van der Waals surface area contributed by atoms with Crippen molar-refractivity contribution in [3.63, 3.8) is 0 Å². The number of aryl methyl sites for hydroxylation is 1. The topological polar surface area (TPSA) is 34.6 Å². The smallest absolute Gasteiger partial charge is 0.0625 e. The molecule has 0 fully saturated rings. The van der Waals surface area contributed by atoms with Gasteiger partial charge in [0.15, 0.2) is 0 Å². The molecule has 0 N–H and O–H groups in total. The summed E-state index contributed by atoms with van der Waals surface area (Å²) in [6, 6.07) is 10.1. The van der Waals surface area contributed by atoms with Crippen molar-refractivity contribution in [3.05, 3.63) is 30.3 Å². The summed E-state index contributed by atoms with van der Waals surface area (Å²) in [6.45, 7) is 11.3. The summed E-state index contributed by atoms with van der Waals surface area (Å²) in [6.07, 6.45) is 1.08. The van der Waals surface area contributed by atoms with Crippen molar-refractivity contribution in [2.24, 2.45) is 18.9 Å². The minimum atomic E-state index is -0.0571. The van der Waals surface area contributed by atoms with Crippen LogP contribution in [0, 0.1) is 11.8 Å². The predicted octanol–water partition coefficient (Wildman–Crippen LogP) is 3.19. The molecule has 0 spiro atoms. The van der Waals surface area contributed by atoms with Gasteiger partial charge in [0, 0.05) is 0 Å². The Labute approximate surface area is 127 Å². The van der Waals surface area contributed by atoms with Crippen LogP contribution in [0.1, 0.15) is 41.0 Å². The van der Waals surface area contributed by atoms with Gasteiger partial charge in [-0.25, -0.2) is 0 Å². The third kappa shape index (κ3) is 3.49. The molecule has 1 aromatic carbocycles. The van der Waals surface area contributed by atoms with Crippen LogP contribution < -0.4 is 4.80 Å². The normalized spacial score (nSPS) is 13.7. The first kappa shape index (κ1) is 15.7. The summed E-state index contributed by atoms with van der Waals surface area (Å²) in [7, 11) is 1.96. The van der Waals surface area contributed by atoms with E-state index in [1.54, 1.807) is 0 Å². The van der Waals surface area contributed by atoms with E-state index in [0.29, 0.717) is 11.8 Å². The highest BCUT2D eigenvalue weighted by atomic mass is 15.7. The lowest BCUT2D eigenvalue weighted by molar-refractivity contribution is -0.815. The third-order valence-electron chi connectivity index (χ3n) is 4.24. The summed E-state index contributed by atoms with van der Waals surface area (Å²) in [4.78, 5) is 3.86. The number of aromatic nitrogens is 4. The van der Waals surface area contributed by atoms with Crippen molar-refractivity contribution in [2.45, 2.75) is 46.6 Å². The van der Waals surface area contributed by atoms with E-state index in [9.17, 15) is 0 Å². The highest BCUT2D eigenvalue weighted by molar-refractivity contribution is 5.52. The number of rotatable bonds is 5. The number of benzene rings is 1. The lowest BCUT2D eigenvalue weighted by atomic mass is 9.85. The van der Waals surface area contributed by atoms with Crippen LogP contribution in [0.25, 0.3) is 11.4 Å². The van der Waals surface area contributed by atoms with Crippen molar-refractivity contribution in [1.82, 2.24) is 15.0 Å². The first-order valence-electron chi connectivity index (χ1n) is 7.71. The second-order valence-electron chi connectivity index (χ2n) is 6.91. The molecule has 0 saturated heterocycles. The van der Waals surface area contributed by atoms with Crippen LogP contribution in [0.2, 0.25) is 0 Å². The Hall–Kier alpha value is -1.71. The van der Waals surface area contributed by atoms with Crippen molar-refractivity contribution >= 4 is 0 Å². The van der Waals surface area contributed by atoms with Gasteiger partial charge in [0.1, 0.15) is 12.6 Å². The zero-order valence-corrected chi connectivity index (χ0v) is 14.0. The van der Waals surface area contributed by atoms with Gasteiger partial charge in [-0.15, -0.1) is 0 Å². The first-order valence-corrected chi connectivity index (χ1v) is 7.71. The predicted molar refractivity (Wildman–Crippen MR) is 84.6 cm³/mol. The molecule has 1 atom stereocenters. The molecular formula is C17H27N4+. The standard InChI is InChI=1S/C17H27N4/c1-13(2)14(3)12-17(4,5)21-19-16(18-20(21)6)15-10-8-7-9-11-15/h7-11,13-14H,12H2,1-6H3/q+1. The van der Waals surface area contributed by atoms with Crippen LogP contribution in [0.5, 0.6) is 0 Å². The van der Waals surface area contributed by atoms with Crippen molar-refractivity contribution in [2.75, 3.05) is 0 Å². The highest BCUT2D eigenvalue weighted by Gasteiger charge is 2.34. The van der Waals surface area contributed by atoms with E-state index in [1.165, 1.54) is 0 Å². The fourth-order valence-corrected chi connectivity index (χ4v) is 2.69. The fraction of sp³-hybridized carbons (Fsp3) is 0.588. The number of hydrogen-bond acceptors (Lipinski definition) is 2. The lowest BCUT2D eigenvalue weighted by Crippen LogP contribution is -2.51. The SMILES string of the molecule is CC(C)C(C)CC(C)(C)n1nc(-c2ccccc2)n[n+]1C. The minimum absolute atomic E-state index is 0.0571. The average Bonchev–Trinajstić information content (AvgIpc) is 2.82. The molecule has 114 valence electrons. The van der Waals surface area contributed by atoms with Gasteiger partial charge in [0.25, 0.3) is 0 Å². The van der Waals surface area contributed by atoms with Gasteiger partial charge >= 0.3 is 5.82 Å². The molecule has 2 aromatic rings. The Kier molecular flexibility index (Phi) is 4.45. The Bertz CT molecular complexity index is 584. The molecule has 0 saturated carbocycles. The first-order chi connectivity index (χ1) is 9.81. The maximum absolute atomic E-state index is 4.73. The molecule has 0 aliphatic heterocycles. The summed E-state index contributed by atoms with van der Waals surface area (Å²) in [5.74, 6) is 2.10. The monoisotopic (exact) mass is 287 g/mol. The summed E-state index contributed by atoms with van der Waals surface area (Å²) >= 11 is 0. The molecule has 0 amide bonds. The van der Waals surface area contributed by atoms with Gasteiger partial charge in [-0.3, -0.25) is 0 Å². The van der Waals surface area contributed by atoms with Crippen LogP contribution in [-0.4, -0.2) is 15.0 Å². The number of tetrazole rings is 1. The van der Waals surface area contributed by atoms with Gasteiger partial charge in [-0.1, -0.05) is 43.8 Å². The van der Waals surface area contributed by atoms with Crippen LogP contribution in [0.15, 0.2) is 30.3 Å². The van der Waals surface area contributed by atoms with E-state index in [1.807, 2.05) is 47.0 Å². The molecule has 4 nitrogen and oxygen atoms in total. The molecule has 0 aliphatic rings. The fourth-order valence-electron chi connectivity index (χ4n) is 2.69. The Morgan fingerprint density at radius 2 is 1.76 bits per heavy atom. The van der Waals surface area contributed by atoms with E-state index in [2.05, 4.69) is 39.7 Å². The maximum Gasteiger partial charge on any atom is 0.339 e. The van der Waals surface area contributed by atoms with Gasteiger partial charge in [-0.05, 0) is 54.1 Å². The quantitative estimate of drug-likeness (QED) is 0.792. The van der Waals surface area contributed by atoms with E-state index in [0.717, 1.165) is 17.8 Å². The molecule has 0 bridgehead atoms. The van der Waals surface area contributed by atoms with Crippen LogP contribution >= 0.6 is 0 Å². The average molecular weight is 287 g/mol. The van der Waals surface area contributed by atoms with E-state index >= 15 is 0 Å². The van der Waals surface area contributed by atoms with Crippen LogP contribution in [0.4, 0.5) is 0 Å². The molecule has 21 heavy (non-hydrogen) atoms. The van der Waals surface area contributed by atoms with Gasteiger partial charge in [0.2, 0.25) is 0 Å². The summed E-state index contributed by atoms with van der Waals surface area (Å²) < 4.78 is 0. The molecular weight excluding hydrogens is 260 g/mol. The van der Waals surface area contributed by atoms with Gasteiger partial charge in [0.05, 0.1) is 10.7 Å². The Balaban J connectivity index is 2.30. The summed E-state index contributed by atoms with van der Waals surface area (Å²) in [5, 5.41) is 9.30. The largest absolute Gasteiger partial charge is 0.339 e. The van der Waals surface area contributed by atoms with E-state index in [-0.39, 0.29) is 5.54 Å². The third-order valence-corrected chi connectivity index (χ3v) is 4.24. The molecule has 4 heteroatoms. The zero-order valence-electron chi connectivity index (χ0n) is 14.0. The second kappa shape index (κ2) is 5.96. The molecule has 1 heterocycles. The molecule has 0 radical (unpaired) electrons. The number of hydrogen-bond donors (Lipinski definition) is 0. The number of nitrogens with zero attached hydrogens (tertiary/aromatic N) is 4. The Morgan fingerprint density at radius 3 is 2.33 bits per heavy atom. The van der Waals surface area contributed by atoms with Crippen LogP contribution in [-0.2, 0) is 12.6 Å². The van der Waals surface area contributed by atoms with Crippen LogP contribution in [0.3, 0.4) is 0 Å². The highest BCUT2D eigenvalue weighted by Crippen LogP contribution is 2.27. The summed E-state index contributed by atoms with van der Waals surface area (Å²) in [5.41, 5.74) is 0.998. The molecule has 0 aliphatic carbocycles. The van der Waals surface area contributed by atoms with Gasteiger partial charge < -0.3 is 0 Å². The minimum Gasteiger partial charge on any atom is -0.0625 e. The zero-order chi connectivity index (χ0) is 15.6. The maximum atomic E-state index is 4.73. The molecule has 1 aromatic heterocycles.